The fourth-order valence-corrected chi connectivity index (χ4v) is 3.86. The third-order valence-corrected chi connectivity index (χ3v) is 5.49. The zero-order chi connectivity index (χ0) is 22.9. The standard InChI is InChI=1S/C24H21ClN6O2/c1-3-9-26-24(32)18-12-27-23-22(18)29-19(13-28-23)21-17-11-16(7-8-20(17)31(2)30-21)33-15-6-4-5-14(25)10-15/h4-8,10-13H,3,9H2,1-2H3,(H,26,32)(H,27,28). The second-order valence-electron chi connectivity index (χ2n) is 7.62. The molecule has 0 aliphatic heterocycles. The van der Waals surface area contributed by atoms with Crippen LogP contribution in [0.5, 0.6) is 11.5 Å². The van der Waals surface area contributed by atoms with Gasteiger partial charge in [-0.3, -0.25) is 9.48 Å². The maximum absolute atomic E-state index is 12.5. The van der Waals surface area contributed by atoms with E-state index < -0.39 is 0 Å². The van der Waals surface area contributed by atoms with Crippen LogP contribution in [0, 0.1) is 0 Å². The normalized spacial score (nSPS) is 11.2. The number of nitrogens with one attached hydrogen (secondary N) is 2. The minimum absolute atomic E-state index is 0.183. The molecule has 0 bridgehead atoms. The van der Waals surface area contributed by atoms with Crippen LogP contribution in [0.4, 0.5) is 0 Å². The van der Waals surface area contributed by atoms with Gasteiger partial charge in [0, 0.05) is 30.2 Å². The van der Waals surface area contributed by atoms with Crippen LogP contribution in [0.15, 0.2) is 54.9 Å². The van der Waals surface area contributed by atoms with Gasteiger partial charge in [-0.05, 0) is 42.8 Å². The molecule has 5 aromatic rings. The molecule has 3 aromatic heterocycles. The summed E-state index contributed by atoms with van der Waals surface area (Å²) in [5.41, 5.74) is 3.65. The summed E-state index contributed by atoms with van der Waals surface area (Å²) in [6, 6.07) is 13.0. The Morgan fingerprint density at radius 2 is 2.06 bits per heavy atom. The molecule has 0 fully saturated rings. The molecule has 33 heavy (non-hydrogen) atoms. The number of nitrogens with zero attached hydrogens (tertiary/aromatic N) is 4. The molecule has 0 unspecified atom stereocenters. The van der Waals surface area contributed by atoms with Crippen molar-refractivity contribution in [1.82, 2.24) is 30.0 Å². The second-order valence-corrected chi connectivity index (χ2v) is 8.06. The molecule has 0 atom stereocenters. The molecular formula is C24H21ClN6O2. The Morgan fingerprint density at radius 1 is 1.21 bits per heavy atom. The van der Waals surface area contributed by atoms with Gasteiger partial charge in [-0.15, -0.1) is 0 Å². The van der Waals surface area contributed by atoms with Crippen LogP contribution in [0.2, 0.25) is 5.02 Å². The van der Waals surface area contributed by atoms with Crippen LogP contribution in [-0.2, 0) is 7.05 Å². The van der Waals surface area contributed by atoms with Crippen molar-refractivity contribution in [3.63, 3.8) is 0 Å². The van der Waals surface area contributed by atoms with Crippen LogP contribution in [-0.4, -0.2) is 37.2 Å². The van der Waals surface area contributed by atoms with E-state index in [1.807, 2.05) is 44.3 Å². The summed E-state index contributed by atoms with van der Waals surface area (Å²) in [6.45, 7) is 2.60. The highest BCUT2D eigenvalue weighted by Crippen LogP contribution is 2.32. The van der Waals surface area contributed by atoms with Gasteiger partial charge in [-0.2, -0.15) is 5.10 Å². The fourth-order valence-electron chi connectivity index (χ4n) is 3.68. The monoisotopic (exact) mass is 460 g/mol. The smallest absolute Gasteiger partial charge is 0.255 e. The molecule has 2 aromatic carbocycles. The average molecular weight is 461 g/mol. The van der Waals surface area contributed by atoms with Gasteiger partial charge in [0.05, 0.1) is 17.3 Å². The molecule has 1 amide bonds. The number of carbonyl (C=O) groups is 1. The molecule has 0 spiro atoms. The number of carbonyl (C=O) groups excluding carboxylic acids is 1. The van der Waals surface area contributed by atoms with Crippen molar-refractivity contribution < 1.29 is 9.53 Å². The summed E-state index contributed by atoms with van der Waals surface area (Å²) < 4.78 is 7.78. The van der Waals surface area contributed by atoms with Crippen molar-refractivity contribution in [2.75, 3.05) is 6.54 Å². The Bertz CT molecular complexity index is 1490. The number of aromatic nitrogens is 5. The Balaban J connectivity index is 1.57. The first-order chi connectivity index (χ1) is 16.0. The molecular weight excluding hydrogens is 440 g/mol. The minimum Gasteiger partial charge on any atom is -0.457 e. The number of hydrogen-bond acceptors (Lipinski definition) is 5. The number of benzene rings is 2. The molecule has 0 radical (unpaired) electrons. The van der Waals surface area contributed by atoms with Crippen molar-refractivity contribution in [1.29, 1.82) is 0 Å². The first kappa shape index (κ1) is 21.0. The summed E-state index contributed by atoms with van der Waals surface area (Å²) in [6.07, 6.45) is 4.14. The van der Waals surface area contributed by atoms with E-state index in [9.17, 15) is 4.79 Å². The van der Waals surface area contributed by atoms with Gasteiger partial charge in [0.1, 0.15) is 28.4 Å². The number of hydrogen-bond donors (Lipinski definition) is 2. The second kappa shape index (κ2) is 8.55. The molecule has 0 aliphatic carbocycles. The lowest BCUT2D eigenvalue weighted by Gasteiger charge is -2.06. The Morgan fingerprint density at radius 3 is 2.88 bits per heavy atom. The number of amides is 1. The number of rotatable bonds is 6. The van der Waals surface area contributed by atoms with Gasteiger partial charge < -0.3 is 15.0 Å². The van der Waals surface area contributed by atoms with Gasteiger partial charge in [-0.1, -0.05) is 24.6 Å². The molecule has 8 nitrogen and oxygen atoms in total. The Kier molecular flexibility index (Phi) is 5.43. The summed E-state index contributed by atoms with van der Waals surface area (Å²) in [4.78, 5) is 24.8. The molecule has 0 aliphatic rings. The lowest BCUT2D eigenvalue weighted by atomic mass is 10.1. The molecule has 2 N–H and O–H groups in total. The van der Waals surface area contributed by atoms with Crippen molar-refractivity contribution in [3.05, 3.63) is 65.4 Å². The number of aromatic amines is 1. The topological polar surface area (TPSA) is 97.7 Å². The largest absolute Gasteiger partial charge is 0.457 e. The highest BCUT2D eigenvalue weighted by molar-refractivity contribution is 6.30. The maximum atomic E-state index is 12.5. The average Bonchev–Trinajstić information content (AvgIpc) is 3.38. The van der Waals surface area contributed by atoms with Crippen LogP contribution < -0.4 is 10.1 Å². The first-order valence-electron chi connectivity index (χ1n) is 10.6. The number of aryl methyl sites for hydroxylation is 1. The van der Waals surface area contributed by atoms with Gasteiger partial charge in [-0.25, -0.2) is 9.97 Å². The molecule has 166 valence electrons. The van der Waals surface area contributed by atoms with Crippen molar-refractivity contribution >= 4 is 39.6 Å². The predicted octanol–water partition coefficient (Wildman–Crippen LogP) is 5.10. The highest BCUT2D eigenvalue weighted by Gasteiger charge is 2.18. The van der Waals surface area contributed by atoms with E-state index in [4.69, 9.17) is 21.3 Å². The van der Waals surface area contributed by atoms with Crippen molar-refractivity contribution in [3.8, 4) is 22.9 Å². The van der Waals surface area contributed by atoms with E-state index in [2.05, 4.69) is 20.4 Å². The van der Waals surface area contributed by atoms with E-state index in [1.165, 1.54) is 0 Å². The Hall–Kier alpha value is -3.91. The predicted molar refractivity (Wildman–Crippen MR) is 128 cm³/mol. The highest BCUT2D eigenvalue weighted by atomic mass is 35.5. The van der Waals surface area contributed by atoms with E-state index >= 15 is 0 Å². The third-order valence-electron chi connectivity index (χ3n) is 5.26. The fraction of sp³-hybridized carbons (Fsp3) is 0.167. The van der Waals surface area contributed by atoms with E-state index in [1.54, 1.807) is 29.2 Å². The van der Waals surface area contributed by atoms with Gasteiger partial charge in [0.2, 0.25) is 0 Å². The summed E-state index contributed by atoms with van der Waals surface area (Å²) in [5.74, 6) is 1.11. The molecule has 3 heterocycles. The Labute approximate surface area is 194 Å². The molecule has 0 saturated heterocycles. The SMILES string of the molecule is CCCNC(=O)c1c[nH]c2ncc(-c3nn(C)c4ccc(Oc5cccc(Cl)c5)cc34)nc12. The molecule has 5 rings (SSSR count). The van der Waals surface area contributed by atoms with Crippen LogP contribution in [0.3, 0.4) is 0 Å². The zero-order valence-electron chi connectivity index (χ0n) is 18.1. The first-order valence-corrected chi connectivity index (χ1v) is 10.9. The van der Waals surface area contributed by atoms with Gasteiger partial charge in [0.25, 0.3) is 5.91 Å². The lowest BCUT2D eigenvalue weighted by molar-refractivity contribution is 0.0955. The van der Waals surface area contributed by atoms with E-state index in [-0.39, 0.29) is 5.91 Å². The van der Waals surface area contributed by atoms with Crippen molar-refractivity contribution in [2.24, 2.45) is 7.05 Å². The number of ether oxygens (including phenoxy) is 1. The van der Waals surface area contributed by atoms with Crippen molar-refractivity contribution in [2.45, 2.75) is 13.3 Å². The zero-order valence-corrected chi connectivity index (χ0v) is 18.8. The number of halogens is 1. The van der Waals surface area contributed by atoms with Crippen LogP contribution in [0.25, 0.3) is 33.5 Å². The molecule has 9 heteroatoms. The number of H-pyrrole nitrogens is 1. The van der Waals surface area contributed by atoms with Gasteiger partial charge >= 0.3 is 0 Å². The van der Waals surface area contributed by atoms with E-state index in [0.29, 0.717) is 51.2 Å². The van der Waals surface area contributed by atoms with E-state index in [0.717, 1.165) is 17.3 Å². The molecule has 0 saturated carbocycles. The van der Waals surface area contributed by atoms with Gasteiger partial charge in [0.15, 0.2) is 5.65 Å². The van der Waals surface area contributed by atoms with Crippen LogP contribution >= 0.6 is 11.6 Å². The quantitative estimate of drug-likeness (QED) is 0.367. The maximum Gasteiger partial charge on any atom is 0.255 e. The number of fused-ring (bicyclic) bond motifs is 2. The third kappa shape index (κ3) is 4.01. The lowest BCUT2D eigenvalue weighted by Crippen LogP contribution is -2.23. The minimum atomic E-state index is -0.183. The summed E-state index contributed by atoms with van der Waals surface area (Å²) >= 11 is 6.08. The summed E-state index contributed by atoms with van der Waals surface area (Å²) in [5, 5.41) is 9.01. The van der Waals surface area contributed by atoms with Crippen LogP contribution in [0.1, 0.15) is 23.7 Å². The summed E-state index contributed by atoms with van der Waals surface area (Å²) in [7, 11) is 1.87.